The van der Waals surface area contributed by atoms with E-state index in [0.29, 0.717) is 38.3 Å². The first kappa shape index (κ1) is 23.8. The number of hydrogen-bond acceptors (Lipinski definition) is 4. The highest BCUT2D eigenvalue weighted by atomic mass is 35.5. The van der Waals surface area contributed by atoms with Crippen molar-refractivity contribution < 1.29 is 14.7 Å². The van der Waals surface area contributed by atoms with Crippen LogP contribution in [-0.4, -0.2) is 60.9 Å². The number of fused-ring (bicyclic) bond motifs is 1. The van der Waals surface area contributed by atoms with Crippen molar-refractivity contribution in [3.63, 3.8) is 0 Å². The molecular weight excluding hydrogens is 453 g/mol. The maximum Gasteiger partial charge on any atom is 0.408 e. The van der Waals surface area contributed by atoms with Gasteiger partial charge in [0.15, 0.2) is 0 Å². The second kappa shape index (κ2) is 8.60. The molecule has 3 aromatic rings. The van der Waals surface area contributed by atoms with E-state index in [-0.39, 0.29) is 18.1 Å². The molecule has 1 aromatic carbocycles. The summed E-state index contributed by atoms with van der Waals surface area (Å²) < 4.78 is 1.68. The van der Waals surface area contributed by atoms with Crippen molar-refractivity contribution in [2.24, 2.45) is 0 Å². The Kier molecular flexibility index (Phi) is 6.40. The number of imidazole rings is 1. The Morgan fingerprint density at radius 2 is 1.81 bits per heavy atom. The molecule has 0 unspecified atom stereocenters. The Morgan fingerprint density at radius 1 is 1.16 bits per heavy atom. The van der Waals surface area contributed by atoms with Crippen LogP contribution in [0.3, 0.4) is 0 Å². The molecule has 170 valence electrons. The molecular formula is C22H25Cl2N5O3. The third-order valence-electron chi connectivity index (χ3n) is 5.09. The predicted octanol–water partition coefficient (Wildman–Crippen LogP) is 4.99. The van der Waals surface area contributed by atoms with E-state index in [2.05, 4.69) is 9.97 Å². The van der Waals surface area contributed by atoms with Gasteiger partial charge in [0.2, 0.25) is 5.78 Å². The zero-order valence-corrected chi connectivity index (χ0v) is 20.3. The Labute approximate surface area is 196 Å². The van der Waals surface area contributed by atoms with Gasteiger partial charge in [-0.1, -0.05) is 23.2 Å². The lowest BCUT2D eigenvalue weighted by atomic mass is 10.0. The summed E-state index contributed by atoms with van der Waals surface area (Å²) in [5.41, 5.74) is 2.03. The number of carbonyl (C=O) groups excluding carboxylic acids is 1. The van der Waals surface area contributed by atoms with Crippen LogP contribution in [0.5, 0.6) is 0 Å². The van der Waals surface area contributed by atoms with Gasteiger partial charge in [-0.2, -0.15) is 0 Å². The largest absolute Gasteiger partial charge is 0.465 e. The lowest BCUT2D eigenvalue weighted by molar-refractivity contribution is 0.0822. The highest BCUT2D eigenvalue weighted by Gasteiger charge is 2.30. The smallest absolute Gasteiger partial charge is 0.408 e. The third kappa shape index (κ3) is 4.52. The summed E-state index contributed by atoms with van der Waals surface area (Å²) in [6.45, 7) is 7.32. The molecule has 0 atom stereocenters. The van der Waals surface area contributed by atoms with Crippen LogP contribution in [0, 0.1) is 6.92 Å². The van der Waals surface area contributed by atoms with Crippen LogP contribution in [0.15, 0.2) is 24.4 Å². The second-order valence-corrected chi connectivity index (χ2v) is 9.53. The van der Waals surface area contributed by atoms with Gasteiger partial charge in [0, 0.05) is 47.7 Å². The molecule has 32 heavy (non-hydrogen) atoms. The van der Waals surface area contributed by atoms with Gasteiger partial charge in [0.1, 0.15) is 5.69 Å². The van der Waals surface area contributed by atoms with Crippen LogP contribution in [-0.2, 0) is 6.54 Å². The van der Waals surface area contributed by atoms with Crippen LogP contribution in [0.2, 0.25) is 10.0 Å². The fourth-order valence-corrected chi connectivity index (χ4v) is 3.89. The molecule has 3 rings (SSSR count). The average molecular weight is 478 g/mol. The quantitative estimate of drug-likeness (QED) is 0.571. The van der Waals surface area contributed by atoms with Crippen LogP contribution in [0.1, 0.15) is 42.5 Å². The molecule has 2 aromatic heterocycles. The van der Waals surface area contributed by atoms with Gasteiger partial charge in [-0.25, -0.2) is 14.8 Å². The number of hydrogen-bond donors (Lipinski definition) is 1. The first-order valence-electron chi connectivity index (χ1n) is 9.87. The molecule has 0 radical (unpaired) electrons. The highest BCUT2D eigenvalue weighted by Crippen LogP contribution is 2.35. The molecule has 0 aliphatic heterocycles. The van der Waals surface area contributed by atoms with Gasteiger partial charge >= 0.3 is 6.09 Å². The van der Waals surface area contributed by atoms with Crippen LogP contribution in [0.25, 0.3) is 17.0 Å². The van der Waals surface area contributed by atoms with Crippen molar-refractivity contribution in [2.45, 2.75) is 39.8 Å². The first-order chi connectivity index (χ1) is 14.8. The minimum atomic E-state index is -1.06. The van der Waals surface area contributed by atoms with E-state index >= 15 is 0 Å². The zero-order chi connectivity index (χ0) is 24.0. The summed E-state index contributed by atoms with van der Waals surface area (Å²) in [4.78, 5) is 36.3. The Morgan fingerprint density at radius 3 is 2.34 bits per heavy atom. The zero-order valence-electron chi connectivity index (χ0n) is 18.8. The maximum atomic E-state index is 12.5. The van der Waals surface area contributed by atoms with Crippen molar-refractivity contribution in [1.29, 1.82) is 0 Å². The number of carboxylic acid groups (broad SMARTS) is 1. The van der Waals surface area contributed by atoms with Gasteiger partial charge in [-0.05, 0) is 45.9 Å². The Bertz CT molecular complexity index is 1210. The normalized spacial score (nSPS) is 11.6. The van der Waals surface area contributed by atoms with Crippen LogP contribution < -0.4 is 0 Å². The lowest BCUT2D eigenvalue weighted by Gasteiger charge is -2.34. The topological polar surface area (TPSA) is 91.0 Å². The third-order valence-corrected chi connectivity index (χ3v) is 5.63. The van der Waals surface area contributed by atoms with E-state index in [1.807, 2.05) is 20.8 Å². The van der Waals surface area contributed by atoms with Crippen molar-refractivity contribution in [2.75, 3.05) is 14.1 Å². The average Bonchev–Trinajstić information content (AvgIpc) is 3.07. The molecule has 0 saturated carbocycles. The van der Waals surface area contributed by atoms with Crippen molar-refractivity contribution in [3.05, 3.63) is 51.4 Å². The summed E-state index contributed by atoms with van der Waals surface area (Å²) in [7, 11) is 3.28. The van der Waals surface area contributed by atoms with E-state index < -0.39 is 11.6 Å². The summed E-state index contributed by atoms with van der Waals surface area (Å²) >= 11 is 12.7. The molecule has 0 fully saturated rings. The number of nitrogens with zero attached hydrogens (tertiary/aromatic N) is 5. The van der Waals surface area contributed by atoms with Crippen molar-refractivity contribution in [3.8, 4) is 11.3 Å². The summed E-state index contributed by atoms with van der Waals surface area (Å²) in [5.74, 6) is 0.0415. The van der Waals surface area contributed by atoms with E-state index in [9.17, 15) is 14.7 Å². The van der Waals surface area contributed by atoms with Gasteiger partial charge in [0.25, 0.3) is 5.91 Å². The SMILES string of the molecule is Cc1nc2nc(C(=O)N(C)C)cn2c(-c2ccc(Cl)cc2Cl)c1CN(C(=O)O)C(C)(C)C. The molecule has 10 heteroatoms. The Hall–Kier alpha value is -2.84. The number of rotatable bonds is 4. The minimum Gasteiger partial charge on any atom is -0.465 e. The van der Waals surface area contributed by atoms with Crippen LogP contribution in [0.4, 0.5) is 4.79 Å². The maximum absolute atomic E-state index is 12.5. The molecule has 0 spiro atoms. The number of carbonyl (C=O) groups is 2. The molecule has 0 aliphatic carbocycles. The van der Waals surface area contributed by atoms with E-state index in [1.54, 1.807) is 49.8 Å². The number of aryl methyl sites for hydroxylation is 1. The molecule has 8 nitrogen and oxygen atoms in total. The number of benzene rings is 1. The second-order valence-electron chi connectivity index (χ2n) is 8.68. The highest BCUT2D eigenvalue weighted by molar-refractivity contribution is 6.36. The summed E-state index contributed by atoms with van der Waals surface area (Å²) in [6.07, 6.45) is 0.537. The first-order valence-corrected chi connectivity index (χ1v) is 10.6. The van der Waals surface area contributed by atoms with Crippen molar-refractivity contribution >= 4 is 41.0 Å². The monoisotopic (exact) mass is 477 g/mol. The molecule has 2 amide bonds. The fraction of sp³-hybridized carbons (Fsp3) is 0.364. The van der Waals surface area contributed by atoms with Gasteiger partial charge in [-0.15, -0.1) is 0 Å². The minimum absolute atomic E-state index is 0.0665. The lowest BCUT2D eigenvalue weighted by Crippen LogP contribution is -2.44. The van der Waals surface area contributed by atoms with E-state index in [0.717, 1.165) is 0 Å². The van der Waals surface area contributed by atoms with Gasteiger partial charge < -0.3 is 10.0 Å². The predicted molar refractivity (Wildman–Crippen MR) is 125 cm³/mol. The molecule has 0 bridgehead atoms. The fourth-order valence-electron chi connectivity index (χ4n) is 3.39. The molecule has 0 saturated heterocycles. The van der Waals surface area contributed by atoms with Crippen LogP contribution >= 0.6 is 23.2 Å². The standard InChI is InChI=1S/C22H25Cl2N5O3/c1-12-15(10-29(21(31)32)22(2,3)4)18(14-8-7-13(23)9-16(14)24)28-11-17(19(30)27(5)6)26-20(28)25-12/h7-9,11H,10H2,1-6H3,(H,31,32). The van der Waals surface area contributed by atoms with Gasteiger partial charge in [0.05, 0.1) is 17.3 Å². The van der Waals surface area contributed by atoms with Crippen molar-refractivity contribution in [1.82, 2.24) is 24.2 Å². The molecule has 0 aliphatic rings. The Balaban J connectivity index is 2.36. The van der Waals surface area contributed by atoms with E-state index in [4.69, 9.17) is 23.2 Å². The van der Waals surface area contributed by atoms with Gasteiger partial charge in [-0.3, -0.25) is 14.1 Å². The molecule has 2 heterocycles. The number of amides is 2. The summed E-state index contributed by atoms with van der Waals surface area (Å²) in [6, 6.07) is 5.08. The summed E-state index contributed by atoms with van der Waals surface area (Å²) in [5, 5.41) is 10.7. The number of aromatic nitrogens is 3. The molecule has 1 N–H and O–H groups in total. The van der Waals surface area contributed by atoms with E-state index in [1.165, 1.54) is 9.80 Å². The number of halogens is 2.